The van der Waals surface area contributed by atoms with Crippen molar-refractivity contribution in [1.29, 1.82) is 0 Å². The number of sulfonamides is 1. The Kier molecular flexibility index (Phi) is 6.07. The number of nitro benzene ring substituents is 1. The van der Waals surface area contributed by atoms with E-state index in [0.29, 0.717) is 5.02 Å². The normalized spacial score (nSPS) is 12.3. The van der Waals surface area contributed by atoms with Gasteiger partial charge in [-0.1, -0.05) is 23.7 Å². The fraction of sp³-hybridized carbons (Fsp3) is 0.235. The summed E-state index contributed by atoms with van der Waals surface area (Å²) in [4.78, 5) is 23.2. The molecular weight excluding hydrogens is 394 g/mol. The van der Waals surface area contributed by atoms with Gasteiger partial charge in [-0.2, -0.15) is 0 Å². The summed E-state index contributed by atoms with van der Waals surface area (Å²) < 4.78 is 25.5. The summed E-state index contributed by atoms with van der Waals surface area (Å²) >= 11 is 5.94. The molecule has 0 aliphatic heterocycles. The highest BCUT2D eigenvalue weighted by atomic mass is 35.5. The average Bonchev–Trinajstić information content (AvgIpc) is 2.55. The van der Waals surface area contributed by atoms with E-state index in [1.165, 1.54) is 44.2 Å². The van der Waals surface area contributed by atoms with Crippen molar-refractivity contribution in [1.82, 2.24) is 0 Å². The number of halogens is 1. The quantitative estimate of drug-likeness (QED) is 0.579. The van der Waals surface area contributed by atoms with Crippen LogP contribution in [0.1, 0.15) is 12.5 Å². The molecule has 0 aliphatic rings. The molecular formula is C17H18ClN3O5S. The fourth-order valence-corrected chi connectivity index (χ4v) is 3.97. The van der Waals surface area contributed by atoms with E-state index in [2.05, 4.69) is 5.32 Å². The molecule has 1 atom stereocenters. The zero-order chi connectivity index (χ0) is 20.4. The number of carbonyl (C=O) groups excluding carboxylic acids is 1. The molecule has 2 rings (SSSR count). The Labute approximate surface area is 162 Å². The van der Waals surface area contributed by atoms with E-state index >= 15 is 0 Å². The minimum atomic E-state index is -3.80. The molecule has 0 bridgehead atoms. The van der Waals surface area contributed by atoms with Gasteiger partial charge in [0.05, 0.1) is 28.1 Å². The lowest BCUT2D eigenvalue weighted by Crippen LogP contribution is -2.45. The van der Waals surface area contributed by atoms with Crippen molar-refractivity contribution in [2.24, 2.45) is 0 Å². The number of nitrogens with one attached hydrogen (secondary N) is 1. The summed E-state index contributed by atoms with van der Waals surface area (Å²) in [7, 11) is -3.80. The largest absolute Gasteiger partial charge is 0.324 e. The van der Waals surface area contributed by atoms with Crippen LogP contribution in [-0.4, -0.2) is 31.5 Å². The van der Waals surface area contributed by atoms with Gasteiger partial charge in [-0.05, 0) is 38.1 Å². The van der Waals surface area contributed by atoms with Crippen molar-refractivity contribution in [2.45, 2.75) is 19.9 Å². The number of carbonyl (C=O) groups is 1. The van der Waals surface area contributed by atoms with Gasteiger partial charge in [-0.15, -0.1) is 0 Å². The first kappa shape index (κ1) is 20.7. The van der Waals surface area contributed by atoms with Crippen molar-refractivity contribution in [3.63, 3.8) is 0 Å². The number of amides is 1. The van der Waals surface area contributed by atoms with Crippen molar-refractivity contribution < 1.29 is 18.1 Å². The van der Waals surface area contributed by atoms with Gasteiger partial charge in [0.25, 0.3) is 5.69 Å². The number of benzene rings is 2. The Morgan fingerprint density at radius 1 is 1.26 bits per heavy atom. The molecule has 1 amide bonds. The van der Waals surface area contributed by atoms with Crippen LogP contribution in [0.25, 0.3) is 0 Å². The molecule has 10 heteroatoms. The molecule has 1 N–H and O–H groups in total. The van der Waals surface area contributed by atoms with Crippen molar-refractivity contribution >= 4 is 44.6 Å². The molecule has 0 saturated heterocycles. The van der Waals surface area contributed by atoms with Gasteiger partial charge < -0.3 is 5.32 Å². The van der Waals surface area contributed by atoms with Gasteiger partial charge in [0.15, 0.2) is 0 Å². The molecule has 8 nitrogen and oxygen atoms in total. The van der Waals surface area contributed by atoms with E-state index in [1.807, 2.05) is 0 Å². The highest BCUT2D eigenvalue weighted by molar-refractivity contribution is 7.92. The van der Waals surface area contributed by atoms with Gasteiger partial charge in [0.2, 0.25) is 15.9 Å². The topological polar surface area (TPSA) is 110 Å². The van der Waals surface area contributed by atoms with Crippen LogP contribution in [0.15, 0.2) is 42.5 Å². The monoisotopic (exact) mass is 411 g/mol. The molecule has 0 aliphatic carbocycles. The summed E-state index contributed by atoms with van der Waals surface area (Å²) in [5.41, 5.74) is 0.607. The lowest BCUT2D eigenvalue weighted by atomic mass is 10.1. The van der Waals surface area contributed by atoms with E-state index in [0.717, 1.165) is 10.6 Å². The van der Waals surface area contributed by atoms with E-state index < -0.39 is 26.9 Å². The third kappa shape index (κ3) is 4.75. The van der Waals surface area contributed by atoms with Gasteiger partial charge in [0, 0.05) is 11.1 Å². The molecule has 144 valence electrons. The highest BCUT2D eigenvalue weighted by Crippen LogP contribution is 2.27. The third-order valence-corrected chi connectivity index (χ3v) is 5.39. The number of nitrogens with zero attached hydrogens (tertiary/aromatic N) is 2. The first-order valence-corrected chi connectivity index (χ1v) is 10.0. The Balaban J connectivity index is 2.37. The molecule has 2 aromatic rings. The molecule has 0 heterocycles. The minimum Gasteiger partial charge on any atom is -0.324 e. The summed E-state index contributed by atoms with van der Waals surface area (Å²) in [6.07, 6.45) is 0.982. The smallest absolute Gasteiger partial charge is 0.274 e. The van der Waals surface area contributed by atoms with Crippen LogP contribution in [0.4, 0.5) is 17.1 Å². The summed E-state index contributed by atoms with van der Waals surface area (Å²) in [5, 5.41) is 13.9. The fourth-order valence-electron chi connectivity index (χ4n) is 2.62. The summed E-state index contributed by atoms with van der Waals surface area (Å²) in [6, 6.07) is 9.28. The highest BCUT2D eigenvalue weighted by Gasteiger charge is 2.30. The van der Waals surface area contributed by atoms with Crippen LogP contribution in [0.3, 0.4) is 0 Å². The molecule has 0 aromatic heterocycles. The predicted octanol–water partition coefficient (Wildman–Crippen LogP) is 3.35. The second-order valence-electron chi connectivity index (χ2n) is 5.91. The van der Waals surface area contributed by atoms with Crippen molar-refractivity contribution in [3.05, 3.63) is 63.2 Å². The molecule has 0 unspecified atom stereocenters. The van der Waals surface area contributed by atoms with Crippen LogP contribution in [-0.2, 0) is 14.8 Å². The Bertz CT molecular complexity index is 994. The van der Waals surface area contributed by atoms with Crippen LogP contribution in [0, 0.1) is 17.0 Å². The summed E-state index contributed by atoms with van der Waals surface area (Å²) in [6.45, 7) is 2.92. The maximum atomic E-state index is 12.7. The number of anilines is 2. The zero-order valence-corrected chi connectivity index (χ0v) is 16.4. The van der Waals surface area contributed by atoms with E-state index in [4.69, 9.17) is 11.6 Å². The van der Waals surface area contributed by atoms with Crippen LogP contribution < -0.4 is 9.62 Å². The number of hydrogen-bond donors (Lipinski definition) is 1. The third-order valence-electron chi connectivity index (χ3n) is 3.91. The summed E-state index contributed by atoms with van der Waals surface area (Å²) in [5.74, 6) is -0.635. The molecule has 0 radical (unpaired) electrons. The van der Waals surface area contributed by atoms with Crippen LogP contribution in [0.5, 0.6) is 0 Å². The van der Waals surface area contributed by atoms with E-state index in [9.17, 15) is 23.3 Å². The predicted molar refractivity (Wildman–Crippen MR) is 105 cm³/mol. The molecule has 0 fully saturated rings. The standard InChI is InChI=1S/C17H18ClN3O5S/c1-11-15(8-5-9-16(11)21(23)24)19-17(22)12(2)20(27(3,25)26)14-7-4-6-13(18)10-14/h4-10,12H,1-3H3,(H,19,22)/t12-/m1/s1. The lowest BCUT2D eigenvalue weighted by Gasteiger charge is -2.28. The maximum absolute atomic E-state index is 12.7. The first-order chi connectivity index (χ1) is 12.5. The van der Waals surface area contributed by atoms with Gasteiger partial charge in [-0.3, -0.25) is 19.2 Å². The number of rotatable bonds is 6. The van der Waals surface area contributed by atoms with E-state index in [1.54, 1.807) is 12.1 Å². The Morgan fingerprint density at radius 3 is 2.44 bits per heavy atom. The first-order valence-electron chi connectivity index (χ1n) is 7.82. The average molecular weight is 412 g/mol. The van der Waals surface area contributed by atoms with Crippen LogP contribution in [0.2, 0.25) is 5.02 Å². The Morgan fingerprint density at radius 2 is 1.89 bits per heavy atom. The molecule has 0 spiro atoms. The van der Waals surface area contributed by atoms with Gasteiger partial charge in [0.1, 0.15) is 6.04 Å². The van der Waals surface area contributed by atoms with Crippen molar-refractivity contribution in [2.75, 3.05) is 15.9 Å². The maximum Gasteiger partial charge on any atom is 0.274 e. The SMILES string of the molecule is Cc1c(NC(=O)[C@@H](C)N(c2cccc(Cl)c2)S(C)(=O)=O)cccc1[N+](=O)[O-]. The Hall–Kier alpha value is -2.65. The van der Waals surface area contributed by atoms with Gasteiger partial charge in [-0.25, -0.2) is 8.42 Å². The molecule has 2 aromatic carbocycles. The second kappa shape index (κ2) is 7.93. The van der Waals surface area contributed by atoms with Crippen LogP contribution >= 0.6 is 11.6 Å². The molecule has 27 heavy (non-hydrogen) atoms. The molecule has 0 saturated carbocycles. The zero-order valence-electron chi connectivity index (χ0n) is 14.8. The second-order valence-corrected chi connectivity index (χ2v) is 8.21. The minimum absolute atomic E-state index is 0.143. The van der Waals surface area contributed by atoms with Crippen molar-refractivity contribution in [3.8, 4) is 0 Å². The number of nitro groups is 1. The van der Waals surface area contributed by atoms with Gasteiger partial charge >= 0.3 is 0 Å². The van der Waals surface area contributed by atoms with E-state index in [-0.39, 0.29) is 22.6 Å². The number of hydrogen-bond acceptors (Lipinski definition) is 5. The lowest BCUT2D eigenvalue weighted by molar-refractivity contribution is -0.385.